The Morgan fingerprint density at radius 1 is 1.14 bits per heavy atom. The second-order valence-corrected chi connectivity index (χ2v) is 6.75. The van der Waals surface area contributed by atoms with E-state index in [4.69, 9.17) is 4.74 Å². The molecule has 0 unspecified atom stereocenters. The van der Waals surface area contributed by atoms with Gasteiger partial charge in [0, 0.05) is 29.1 Å². The maximum atomic E-state index is 12.6. The second-order valence-electron chi connectivity index (χ2n) is 6.75. The van der Waals surface area contributed by atoms with Gasteiger partial charge in [-0.15, -0.1) is 0 Å². The Balaban J connectivity index is 2.07. The van der Waals surface area contributed by atoms with Crippen LogP contribution in [0.3, 0.4) is 0 Å². The van der Waals surface area contributed by atoms with Crippen molar-refractivity contribution in [1.82, 2.24) is 4.98 Å². The van der Waals surface area contributed by atoms with Crippen LogP contribution in [0.2, 0.25) is 0 Å². The van der Waals surface area contributed by atoms with Crippen LogP contribution in [0.4, 0.5) is 0 Å². The normalized spacial score (nSPS) is 15.3. The SMILES string of the molecule is COC1=C(C=C(CCCCCc2cccnc2)C(=O)O)C(=O)C(C)=C(C)C1=O. The maximum Gasteiger partial charge on any atom is 0.331 e. The van der Waals surface area contributed by atoms with Gasteiger partial charge in [-0.25, -0.2) is 4.79 Å². The number of carbonyl (C=O) groups excluding carboxylic acids is 2. The average Bonchev–Trinajstić information content (AvgIpc) is 2.69. The third-order valence-corrected chi connectivity index (χ3v) is 4.87. The molecule has 0 amide bonds. The van der Waals surface area contributed by atoms with Crippen LogP contribution in [-0.4, -0.2) is 34.7 Å². The first-order valence-corrected chi connectivity index (χ1v) is 9.24. The zero-order valence-electron chi connectivity index (χ0n) is 16.4. The van der Waals surface area contributed by atoms with E-state index in [1.54, 1.807) is 20.0 Å². The lowest BCUT2D eigenvalue weighted by molar-refractivity contribution is -0.132. The summed E-state index contributed by atoms with van der Waals surface area (Å²) in [6, 6.07) is 3.90. The van der Waals surface area contributed by atoms with Crippen molar-refractivity contribution in [2.75, 3.05) is 7.11 Å². The number of rotatable bonds is 9. The molecule has 0 aliphatic heterocycles. The lowest BCUT2D eigenvalue weighted by Crippen LogP contribution is -2.22. The number of ketones is 2. The lowest BCUT2D eigenvalue weighted by Gasteiger charge is -2.18. The van der Waals surface area contributed by atoms with Crippen LogP contribution in [0.1, 0.15) is 45.1 Å². The van der Waals surface area contributed by atoms with Gasteiger partial charge >= 0.3 is 5.97 Å². The minimum absolute atomic E-state index is 0.0170. The van der Waals surface area contributed by atoms with E-state index in [0.29, 0.717) is 24.0 Å². The number of aliphatic carboxylic acids is 1. The average molecular weight is 383 g/mol. The van der Waals surface area contributed by atoms with Gasteiger partial charge in [0.25, 0.3) is 0 Å². The Bertz CT molecular complexity index is 862. The quantitative estimate of drug-likeness (QED) is 0.398. The first kappa shape index (κ1) is 21.3. The predicted molar refractivity (Wildman–Crippen MR) is 105 cm³/mol. The molecule has 28 heavy (non-hydrogen) atoms. The zero-order chi connectivity index (χ0) is 20.7. The lowest BCUT2D eigenvalue weighted by atomic mass is 9.88. The highest BCUT2D eigenvalue weighted by atomic mass is 16.5. The van der Waals surface area contributed by atoms with Gasteiger partial charge < -0.3 is 9.84 Å². The number of aromatic nitrogens is 1. The van der Waals surface area contributed by atoms with E-state index in [0.717, 1.165) is 24.8 Å². The number of carboxylic acid groups (broad SMARTS) is 1. The third-order valence-electron chi connectivity index (χ3n) is 4.87. The number of ether oxygens (including phenoxy) is 1. The molecule has 1 aliphatic rings. The van der Waals surface area contributed by atoms with Crippen molar-refractivity contribution < 1.29 is 24.2 Å². The molecule has 0 saturated carbocycles. The van der Waals surface area contributed by atoms with Crippen LogP contribution < -0.4 is 0 Å². The number of carbonyl (C=O) groups is 3. The van der Waals surface area contributed by atoms with Crippen LogP contribution in [0.25, 0.3) is 0 Å². The van der Waals surface area contributed by atoms with Crippen LogP contribution in [0.15, 0.2) is 58.7 Å². The van der Waals surface area contributed by atoms with Gasteiger partial charge in [-0.1, -0.05) is 12.5 Å². The predicted octanol–water partition coefficient (Wildman–Crippen LogP) is 3.58. The summed E-state index contributed by atoms with van der Waals surface area (Å²) in [7, 11) is 1.31. The Morgan fingerprint density at radius 3 is 2.46 bits per heavy atom. The minimum Gasteiger partial charge on any atom is -0.492 e. The van der Waals surface area contributed by atoms with E-state index in [-0.39, 0.29) is 28.5 Å². The third kappa shape index (κ3) is 5.03. The summed E-state index contributed by atoms with van der Waals surface area (Å²) in [5, 5.41) is 9.52. The summed E-state index contributed by atoms with van der Waals surface area (Å²) in [6.45, 7) is 3.13. The number of carboxylic acids is 1. The van der Waals surface area contributed by atoms with Crippen LogP contribution >= 0.6 is 0 Å². The molecule has 0 bridgehead atoms. The molecule has 0 saturated heterocycles. The van der Waals surface area contributed by atoms with Crippen molar-refractivity contribution >= 4 is 17.5 Å². The van der Waals surface area contributed by atoms with Gasteiger partial charge in [-0.05, 0) is 57.2 Å². The number of unbranched alkanes of at least 4 members (excludes halogenated alkanes) is 2. The van der Waals surface area contributed by atoms with E-state index in [2.05, 4.69) is 4.98 Å². The molecule has 0 radical (unpaired) electrons. The van der Waals surface area contributed by atoms with Crippen LogP contribution in [0, 0.1) is 0 Å². The van der Waals surface area contributed by atoms with Gasteiger partial charge in [0.05, 0.1) is 12.7 Å². The van der Waals surface area contributed by atoms with Crippen molar-refractivity contribution in [1.29, 1.82) is 0 Å². The molecule has 1 heterocycles. The number of pyridine rings is 1. The number of methoxy groups -OCH3 is 1. The van der Waals surface area contributed by atoms with E-state index >= 15 is 0 Å². The van der Waals surface area contributed by atoms with Crippen molar-refractivity contribution in [3.63, 3.8) is 0 Å². The number of hydrogen-bond donors (Lipinski definition) is 1. The minimum atomic E-state index is -1.10. The van der Waals surface area contributed by atoms with E-state index in [9.17, 15) is 19.5 Å². The Hall–Kier alpha value is -3.02. The largest absolute Gasteiger partial charge is 0.492 e. The summed E-state index contributed by atoms with van der Waals surface area (Å²) >= 11 is 0. The molecule has 0 aromatic carbocycles. The number of hydrogen-bond acceptors (Lipinski definition) is 5. The topological polar surface area (TPSA) is 93.6 Å². The molecule has 0 fully saturated rings. The van der Waals surface area contributed by atoms with E-state index < -0.39 is 5.97 Å². The van der Waals surface area contributed by atoms with Crippen molar-refractivity contribution in [3.8, 4) is 0 Å². The van der Waals surface area contributed by atoms with Crippen molar-refractivity contribution in [2.45, 2.75) is 46.0 Å². The number of nitrogens with zero attached hydrogens (tertiary/aromatic N) is 1. The van der Waals surface area contributed by atoms with E-state index in [1.807, 2.05) is 18.3 Å². The van der Waals surface area contributed by atoms with Crippen LogP contribution in [-0.2, 0) is 25.5 Å². The fourth-order valence-electron chi connectivity index (χ4n) is 3.05. The number of aryl methyl sites for hydroxylation is 1. The van der Waals surface area contributed by atoms with Crippen molar-refractivity contribution in [3.05, 3.63) is 64.2 Å². The summed E-state index contributed by atoms with van der Waals surface area (Å²) in [4.78, 5) is 40.6. The Morgan fingerprint density at radius 2 is 1.86 bits per heavy atom. The summed E-state index contributed by atoms with van der Waals surface area (Å²) in [5.74, 6) is -1.95. The monoisotopic (exact) mass is 383 g/mol. The molecule has 1 aliphatic carbocycles. The van der Waals surface area contributed by atoms with Crippen molar-refractivity contribution in [2.24, 2.45) is 0 Å². The Kier molecular flexibility index (Phi) is 7.44. The second kappa shape index (κ2) is 9.78. The number of allylic oxidation sites excluding steroid dienone is 4. The summed E-state index contributed by atoms with van der Waals surface area (Å²) in [6.07, 6.45) is 8.48. The molecule has 1 aromatic heterocycles. The van der Waals surface area contributed by atoms with Gasteiger partial charge in [-0.2, -0.15) is 0 Å². The maximum absolute atomic E-state index is 12.6. The smallest absolute Gasteiger partial charge is 0.331 e. The Labute approximate surface area is 164 Å². The highest BCUT2D eigenvalue weighted by molar-refractivity contribution is 6.25. The summed E-state index contributed by atoms with van der Waals surface area (Å²) < 4.78 is 5.11. The molecule has 6 heteroatoms. The summed E-state index contributed by atoms with van der Waals surface area (Å²) in [5.41, 5.74) is 1.91. The fraction of sp³-hybridized carbons (Fsp3) is 0.364. The number of Topliss-reactive ketones (excluding diaryl/α,β-unsaturated/α-hetero) is 2. The zero-order valence-corrected chi connectivity index (χ0v) is 16.4. The molecule has 0 atom stereocenters. The standard InChI is InChI=1S/C22H25NO5/c1-14-15(2)20(25)21(28-3)18(19(14)24)12-17(22(26)27)10-6-4-5-8-16-9-7-11-23-13-16/h7,9,11-13H,4-6,8,10H2,1-3H3,(H,26,27). The molecular weight excluding hydrogens is 358 g/mol. The first-order valence-electron chi connectivity index (χ1n) is 9.24. The van der Waals surface area contributed by atoms with Gasteiger partial charge in [0.2, 0.25) is 5.78 Å². The molecule has 148 valence electrons. The van der Waals surface area contributed by atoms with Crippen LogP contribution in [0.5, 0.6) is 0 Å². The molecule has 0 spiro atoms. The fourth-order valence-corrected chi connectivity index (χ4v) is 3.05. The molecule has 1 N–H and O–H groups in total. The molecule has 1 aromatic rings. The first-order chi connectivity index (χ1) is 13.4. The van der Waals surface area contributed by atoms with Gasteiger partial charge in [-0.3, -0.25) is 14.6 Å². The van der Waals surface area contributed by atoms with Gasteiger partial charge in [0.1, 0.15) is 0 Å². The highest BCUT2D eigenvalue weighted by Gasteiger charge is 2.31. The molecular formula is C22H25NO5. The molecule has 6 nitrogen and oxygen atoms in total. The highest BCUT2D eigenvalue weighted by Crippen LogP contribution is 2.27. The van der Waals surface area contributed by atoms with Gasteiger partial charge in [0.15, 0.2) is 11.5 Å². The molecule has 2 rings (SSSR count). The van der Waals surface area contributed by atoms with E-state index in [1.165, 1.54) is 13.2 Å².